The molecule has 37 heavy (non-hydrogen) atoms. The average molecular weight is 565 g/mol. The first-order valence-electron chi connectivity index (χ1n) is 13.5. The minimum atomic E-state index is -3.90. The highest BCUT2D eigenvalue weighted by Crippen LogP contribution is 2.46. The zero-order valence-electron chi connectivity index (χ0n) is 25.1. The number of sulfonamides is 1. The van der Waals surface area contributed by atoms with Crippen LogP contribution in [-0.4, -0.2) is 58.0 Å². The third-order valence-electron chi connectivity index (χ3n) is 6.81. The summed E-state index contributed by atoms with van der Waals surface area (Å²) < 4.78 is 45.0. The Morgan fingerprint density at radius 1 is 0.838 bits per heavy atom. The van der Waals surface area contributed by atoms with E-state index in [9.17, 15) is 18.0 Å². The van der Waals surface area contributed by atoms with Crippen molar-refractivity contribution in [3.8, 4) is 0 Å². The monoisotopic (exact) mass is 564 g/mol. The largest absolute Gasteiger partial charge is 0.444 e. The summed E-state index contributed by atoms with van der Waals surface area (Å²) in [6.07, 6.45) is -0.211. The highest BCUT2D eigenvalue weighted by molar-refractivity contribution is 7.90. The second-order valence-electron chi connectivity index (χ2n) is 13.3. The summed E-state index contributed by atoms with van der Waals surface area (Å²) >= 11 is 0. The molecule has 0 spiro atoms. The van der Waals surface area contributed by atoms with Gasteiger partial charge in [-0.1, -0.05) is 41.5 Å². The van der Waals surface area contributed by atoms with Crippen LogP contribution >= 0.6 is 0 Å². The molecule has 0 aromatic carbocycles. The second kappa shape index (κ2) is 12.7. The van der Waals surface area contributed by atoms with E-state index in [1.54, 1.807) is 20.8 Å². The van der Waals surface area contributed by atoms with Gasteiger partial charge in [0.2, 0.25) is 18.3 Å². The molecule has 1 aliphatic carbocycles. The third-order valence-corrected chi connectivity index (χ3v) is 14.2. The van der Waals surface area contributed by atoms with E-state index in [2.05, 4.69) is 46.9 Å². The molecule has 1 aliphatic rings. The van der Waals surface area contributed by atoms with Gasteiger partial charge in [0.05, 0.1) is 5.75 Å². The molecule has 0 aromatic heterocycles. The lowest BCUT2D eigenvalue weighted by molar-refractivity contribution is 0.0500. The number of hydrogen-bond donors (Lipinski definition) is 2. The third kappa shape index (κ3) is 10.7. The molecule has 0 aromatic rings. The van der Waals surface area contributed by atoms with Gasteiger partial charge in [0, 0.05) is 12.1 Å². The number of amides is 2. The lowest BCUT2D eigenvalue weighted by Gasteiger charge is -2.45. The normalized spacial score (nSPS) is 21.4. The molecule has 0 bridgehead atoms. The highest BCUT2D eigenvalue weighted by atomic mass is 32.2. The lowest BCUT2D eigenvalue weighted by atomic mass is 10.0. The predicted octanol–water partition coefficient (Wildman–Crippen LogP) is 6.10. The van der Waals surface area contributed by atoms with Gasteiger partial charge in [0.1, 0.15) is 11.2 Å². The van der Waals surface area contributed by atoms with Gasteiger partial charge >= 0.3 is 12.2 Å². The number of nitrogens with one attached hydrogen (secondary N) is 2. The van der Waals surface area contributed by atoms with Gasteiger partial charge in [0.15, 0.2) is 0 Å². The molecule has 1 rings (SSSR count). The fourth-order valence-corrected chi connectivity index (χ4v) is 12.2. The van der Waals surface area contributed by atoms with Crippen LogP contribution in [0.2, 0.25) is 16.6 Å². The number of carbonyl (C=O) groups excluding carboxylic acids is 2. The molecule has 9 nitrogen and oxygen atoms in total. The fourth-order valence-electron chi connectivity index (χ4n) is 5.58. The van der Waals surface area contributed by atoms with E-state index in [-0.39, 0.29) is 23.8 Å². The molecule has 11 heteroatoms. The summed E-state index contributed by atoms with van der Waals surface area (Å²) in [5.74, 6) is -0.339. The van der Waals surface area contributed by atoms with Crippen LogP contribution in [0.3, 0.4) is 0 Å². The SMILES string of the molecule is CC(C)[Si](O[C@H]1C[C@H](NC(=O)OC(C)(C)C)C[C@@H]1CCS(=O)(=O)NC(=O)OC(C)(C)C)(C(C)C)C(C)C. The van der Waals surface area contributed by atoms with Crippen molar-refractivity contribution < 1.29 is 31.9 Å². The molecule has 2 amide bonds. The Balaban J connectivity index is 3.10. The van der Waals surface area contributed by atoms with Crippen LogP contribution in [0.4, 0.5) is 9.59 Å². The quantitative estimate of drug-likeness (QED) is 0.308. The van der Waals surface area contributed by atoms with Crippen molar-refractivity contribution in [1.29, 1.82) is 0 Å². The summed E-state index contributed by atoms with van der Waals surface area (Å²) in [5, 5.41) is 2.96. The van der Waals surface area contributed by atoms with Crippen LogP contribution in [0.25, 0.3) is 0 Å². The van der Waals surface area contributed by atoms with Gasteiger partial charge in [0.25, 0.3) is 0 Å². The highest BCUT2D eigenvalue weighted by Gasteiger charge is 2.49. The Kier molecular flexibility index (Phi) is 11.5. The van der Waals surface area contributed by atoms with Crippen molar-refractivity contribution in [2.45, 2.75) is 142 Å². The van der Waals surface area contributed by atoms with Gasteiger partial charge in [-0.05, 0) is 83.3 Å². The van der Waals surface area contributed by atoms with Crippen molar-refractivity contribution in [3.63, 3.8) is 0 Å². The number of rotatable bonds is 10. The van der Waals surface area contributed by atoms with Crippen LogP contribution in [0, 0.1) is 5.92 Å². The van der Waals surface area contributed by atoms with Crippen LogP contribution < -0.4 is 10.0 Å². The van der Waals surface area contributed by atoms with Gasteiger partial charge in [-0.3, -0.25) is 0 Å². The first-order valence-corrected chi connectivity index (χ1v) is 17.3. The Labute approximate surface area is 226 Å². The number of ether oxygens (including phenoxy) is 2. The lowest BCUT2D eigenvalue weighted by Crippen LogP contribution is -2.51. The molecule has 2 N–H and O–H groups in total. The minimum Gasteiger partial charge on any atom is -0.444 e. The van der Waals surface area contributed by atoms with Gasteiger partial charge in [-0.2, -0.15) is 0 Å². The average Bonchev–Trinajstić information content (AvgIpc) is 3.00. The van der Waals surface area contributed by atoms with E-state index >= 15 is 0 Å². The number of hydrogen-bond acceptors (Lipinski definition) is 7. The van der Waals surface area contributed by atoms with Crippen molar-refractivity contribution >= 4 is 30.5 Å². The molecule has 0 saturated heterocycles. The molecule has 0 radical (unpaired) electrons. The Morgan fingerprint density at radius 2 is 1.30 bits per heavy atom. The van der Waals surface area contributed by atoms with Crippen molar-refractivity contribution in [1.82, 2.24) is 10.0 Å². The maximum absolute atomic E-state index is 12.7. The van der Waals surface area contributed by atoms with E-state index in [4.69, 9.17) is 13.9 Å². The summed E-state index contributed by atoms with van der Waals surface area (Å²) in [7, 11) is -6.16. The Hall–Kier alpha value is -1.33. The van der Waals surface area contributed by atoms with E-state index in [0.717, 1.165) is 0 Å². The summed E-state index contributed by atoms with van der Waals surface area (Å²) in [6.45, 7) is 23.7. The molecular formula is C26H52N2O7SSi. The van der Waals surface area contributed by atoms with Crippen LogP contribution in [0.15, 0.2) is 0 Å². The molecule has 3 atom stereocenters. The van der Waals surface area contributed by atoms with Crippen molar-refractivity contribution in [3.05, 3.63) is 0 Å². The molecule has 1 fully saturated rings. The predicted molar refractivity (Wildman–Crippen MR) is 150 cm³/mol. The van der Waals surface area contributed by atoms with Crippen molar-refractivity contribution in [2.75, 3.05) is 5.75 Å². The maximum atomic E-state index is 12.7. The Morgan fingerprint density at radius 3 is 1.73 bits per heavy atom. The van der Waals surface area contributed by atoms with Crippen LogP contribution in [0.5, 0.6) is 0 Å². The summed E-state index contributed by atoms with van der Waals surface area (Å²) in [6, 6.07) is -0.190. The number of carbonyl (C=O) groups is 2. The first kappa shape index (κ1) is 33.7. The van der Waals surface area contributed by atoms with Gasteiger partial charge in [-0.15, -0.1) is 0 Å². The van der Waals surface area contributed by atoms with E-state index < -0.39 is 41.7 Å². The Bertz CT molecular complexity index is 855. The standard InChI is InChI=1S/C26H52N2O7SSi/c1-17(2)37(18(3)4,19(5)6)35-22-16-21(27-23(29)33-25(7,8)9)15-20(22)13-14-36(31,32)28-24(30)34-26(10,11)12/h17-22H,13-16H2,1-12H3,(H,27,29)(H,28,30)/t20-,21+,22-/m0/s1. The minimum absolute atomic E-state index is 0.0988. The van der Waals surface area contributed by atoms with E-state index in [0.29, 0.717) is 35.9 Å². The first-order chi connectivity index (χ1) is 16.6. The molecule has 218 valence electrons. The zero-order chi connectivity index (χ0) is 29.0. The molecule has 1 saturated carbocycles. The molecule has 0 unspecified atom stereocenters. The maximum Gasteiger partial charge on any atom is 0.421 e. The fraction of sp³-hybridized carbons (Fsp3) is 0.923. The smallest absolute Gasteiger partial charge is 0.421 e. The summed E-state index contributed by atoms with van der Waals surface area (Å²) in [5.41, 5.74) is -0.326. The second-order valence-corrected chi connectivity index (χ2v) is 20.5. The summed E-state index contributed by atoms with van der Waals surface area (Å²) in [4.78, 5) is 24.5. The molecular weight excluding hydrogens is 512 g/mol. The van der Waals surface area contributed by atoms with E-state index in [1.807, 2.05) is 25.5 Å². The topological polar surface area (TPSA) is 120 Å². The zero-order valence-corrected chi connectivity index (χ0v) is 26.9. The van der Waals surface area contributed by atoms with Gasteiger partial charge < -0.3 is 19.2 Å². The van der Waals surface area contributed by atoms with Crippen LogP contribution in [0.1, 0.15) is 102 Å². The number of alkyl carbamates (subject to hydrolysis) is 1. The van der Waals surface area contributed by atoms with Crippen molar-refractivity contribution in [2.24, 2.45) is 5.92 Å². The molecule has 0 heterocycles. The molecule has 0 aliphatic heterocycles. The van der Waals surface area contributed by atoms with Crippen LogP contribution in [-0.2, 0) is 23.9 Å². The van der Waals surface area contributed by atoms with Gasteiger partial charge in [-0.25, -0.2) is 22.7 Å². The van der Waals surface area contributed by atoms with E-state index in [1.165, 1.54) is 0 Å².